The minimum absolute atomic E-state index is 0.382. The van der Waals surface area contributed by atoms with Gasteiger partial charge in [0.15, 0.2) is 0 Å². The fraction of sp³-hybridized carbons (Fsp3) is 0.250. The average Bonchev–Trinajstić information content (AvgIpc) is 2.47. The molecule has 0 amide bonds. The van der Waals surface area contributed by atoms with Crippen molar-refractivity contribution >= 4 is 23.2 Å². The number of methoxy groups -OCH3 is 1. The molecule has 0 heterocycles. The summed E-state index contributed by atoms with van der Waals surface area (Å²) in [5.74, 6) is 0. The van der Waals surface area contributed by atoms with Crippen LogP contribution in [0.4, 0.5) is 11.3 Å². The van der Waals surface area contributed by atoms with Crippen LogP contribution in [0, 0.1) is 7.14 Å². The van der Waals surface area contributed by atoms with Gasteiger partial charge in [-0.25, -0.2) is 0 Å². The number of ether oxygens (including phenoxy) is 1. The first-order chi connectivity index (χ1) is 10.5. The van der Waals surface area contributed by atoms with E-state index < -0.39 is 44.4 Å². The van der Waals surface area contributed by atoms with Gasteiger partial charge in [-0.1, -0.05) is 0 Å². The fourth-order valence-electron chi connectivity index (χ4n) is 1.89. The van der Waals surface area contributed by atoms with Gasteiger partial charge in [0.2, 0.25) is 0 Å². The van der Waals surface area contributed by atoms with E-state index in [0.717, 1.165) is 24.8 Å². The predicted octanol–water partition coefficient (Wildman–Crippen LogP) is 1.17. The maximum atomic E-state index is 12.8. The third-order valence-electron chi connectivity index (χ3n) is 3.48. The molecule has 0 N–H and O–H groups in total. The van der Waals surface area contributed by atoms with Gasteiger partial charge in [-0.05, 0) is 0 Å². The van der Waals surface area contributed by atoms with Crippen LogP contribution in [0.1, 0.15) is 19.4 Å². The van der Waals surface area contributed by atoms with Crippen LogP contribution < -0.4 is 24.7 Å². The molecule has 2 aromatic rings. The maximum absolute atomic E-state index is 12.8. The van der Waals surface area contributed by atoms with Crippen molar-refractivity contribution in [2.45, 2.75) is 19.4 Å². The molecule has 128 valence electrons. The molecule has 2 aromatic carbocycles. The monoisotopic (exact) mass is 549 g/mol. The summed E-state index contributed by atoms with van der Waals surface area (Å²) >= 11 is -9.04. The Morgan fingerprint density at radius 3 is 1.65 bits per heavy atom. The summed E-state index contributed by atoms with van der Waals surface area (Å²) in [5, 5.41) is 0. The first-order valence-corrected chi connectivity index (χ1v) is 14.1. The molecule has 2 rings (SSSR count). The van der Waals surface area contributed by atoms with E-state index in [1.807, 2.05) is 38.1 Å². The van der Waals surface area contributed by atoms with Crippen LogP contribution in [0.3, 0.4) is 0 Å². The van der Waals surface area contributed by atoms with Crippen LogP contribution >= 0.6 is 0 Å². The topological polar surface area (TPSA) is 9.23 Å². The van der Waals surface area contributed by atoms with Crippen molar-refractivity contribution in [2.24, 2.45) is 0 Å². The van der Waals surface area contributed by atoms with Crippen molar-refractivity contribution in [1.82, 2.24) is 0 Å². The van der Waals surface area contributed by atoms with Gasteiger partial charge in [-0.15, -0.1) is 0 Å². The van der Waals surface area contributed by atoms with Gasteiger partial charge in [0.1, 0.15) is 0 Å². The number of hydrogen-bond acceptors (Lipinski definition) is 1. The Morgan fingerprint density at radius 1 is 0.826 bits per heavy atom. The predicted molar refractivity (Wildman–Crippen MR) is 80.1 cm³/mol. The molecule has 0 unspecified atom stereocenters. The summed E-state index contributed by atoms with van der Waals surface area (Å²) in [4.78, 5) is 0. The zero-order valence-electron chi connectivity index (χ0n) is 12.9. The van der Waals surface area contributed by atoms with Gasteiger partial charge in [0.05, 0.1) is 0 Å². The van der Waals surface area contributed by atoms with Gasteiger partial charge < -0.3 is 0 Å². The van der Waals surface area contributed by atoms with E-state index in [-0.39, 0.29) is 5.60 Å². The Morgan fingerprint density at radius 2 is 1.26 bits per heavy atom. The number of hydrogen-bond donors (Lipinski definition) is 0. The second-order valence-corrected chi connectivity index (χ2v) is 14.1. The van der Waals surface area contributed by atoms with Crippen molar-refractivity contribution in [1.29, 1.82) is 0 Å². The second kappa shape index (κ2) is 6.52. The third-order valence-corrected chi connectivity index (χ3v) is 9.25. The molecule has 0 bridgehead atoms. The molecular weight excluding hydrogens is 533 g/mol. The molecule has 0 saturated carbocycles. The summed E-state index contributed by atoms with van der Waals surface area (Å²) in [7, 11) is 1.64. The third kappa shape index (κ3) is 5.07. The van der Waals surface area contributed by atoms with Gasteiger partial charge in [0, 0.05) is 0 Å². The van der Waals surface area contributed by atoms with Gasteiger partial charge in [-0.3, -0.25) is 0 Å². The summed E-state index contributed by atoms with van der Waals surface area (Å²) in [6.45, 7) is 3.93. The summed E-state index contributed by atoms with van der Waals surface area (Å²) < 4.78 is 57.3. The van der Waals surface area contributed by atoms with Crippen LogP contribution in [0.15, 0.2) is 48.5 Å². The van der Waals surface area contributed by atoms with Gasteiger partial charge >= 0.3 is 148 Å². The Hall–Kier alpha value is -0.332. The molecule has 0 saturated heterocycles. The molecule has 0 aliphatic heterocycles. The van der Waals surface area contributed by atoms with Crippen molar-refractivity contribution in [3.63, 3.8) is 0 Å². The van der Waals surface area contributed by atoms with E-state index >= 15 is 0 Å². The van der Waals surface area contributed by atoms with Gasteiger partial charge in [0.25, 0.3) is 0 Å². The molecule has 0 spiro atoms. The molecule has 1 nitrogen and oxygen atoms in total. The summed E-state index contributed by atoms with van der Waals surface area (Å²) in [6.07, 6.45) is 0. The molecule has 7 heteroatoms. The number of benzene rings is 2. The second-order valence-electron chi connectivity index (χ2n) is 5.51. The minimum atomic E-state index is -8.44. The first-order valence-electron chi connectivity index (χ1n) is 6.78. The average molecular weight is 550 g/mol. The van der Waals surface area contributed by atoms with E-state index in [1.54, 1.807) is 7.11 Å². The zero-order chi connectivity index (χ0) is 17.3. The molecular formula is C16H17F4IOSb-. The normalized spacial score (nSPS) is 14.5. The first kappa shape index (κ1) is 19.0. The Balaban J connectivity index is 2.14. The zero-order valence-corrected chi connectivity index (χ0v) is 17.6. The van der Waals surface area contributed by atoms with Crippen molar-refractivity contribution in [3.8, 4) is 0 Å². The van der Waals surface area contributed by atoms with E-state index in [0.29, 0.717) is 0 Å². The molecule has 0 radical (unpaired) electrons. The molecule has 0 atom stereocenters. The molecule has 0 fully saturated rings. The number of halogens is 5. The van der Waals surface area contributed by atoms with Crippen molar-refractivity contribution < 1.29 is 37.2 Å². The van der Waals surface area contributed by atoms with Crippen molar-refractivity contribution in [2.75, 3.05) is 7.11 Å². The van der Waals surface area contributed by atoms with Crippen LogP contribution in [0.25, 0.3) is 0 Å². The quantitative estimate of drug-likeness (QED) is 0.309. The van der Waals surface area contributed by atoms with Crippen LogP contribution in [0.5, 0.6) is 0 Å². The Labute approximate surface area is 147 Å². The molecule has 0 aliphatic carbocycles. The van der Waals surface area contributed by atoms with E-state index in [1.165, 1.54) is 12.1 Å². The SMILES string of the molecule is COC(C)(C)c1ccc([I-]c2cc[c]([Sb]([F])([F])([F])[F])cc2)cc1. The molecule has 23 heavy (non-hydrogen) atoms. The van der Waals surface area contributed by atoms with E-state index in [2.05, 4.69) is 0 Å². The molecule has 0 aromatic heterocycles. The van der Waals surface area contributed by atoms with E-state index in [9.17, 15) is 11.3 Å². The summed E-state index contributed by atoms with van der Waals surface area (Å²) in [6, 6.07) is 12.4. The Bertz CT molecular complexity index is 669. The van der Waals surface area contributed by atoms with Crippen LogP contribution in [0.2, 0.25) is 0 Å². The van der Waals surface area contributed by atoms with Crippen LogP contribution in [-0.2, 0) is 10.3 Å². The summed E-state index contributed by atoms with van der Waals surface area (Å²) in [5.41, 5.74) is 0.654. The number of rotatable bonds is 5. The molecule has 0 aliphatic rings. The Kier molecular flexibility index (Phi) is 5.39. The van der Waals surface area contributed by atoms with Crippen molar-refractivity contribution in [3.05, 3.63) is 61.2 Å². The van der Waals surface area contributed by atoms with E-state index in [4.69, 9.17) is 4.74 Å². The van der Waals surface area contributed by atoms with Gasteiger partial charge in [-0.2, -0.15) is 0 Å². The standard InChI is InChI=1S/C16H17IO.4FH.Sb/c1-16(2,18-3)13-9-11-15(12-10-13)17-14-7-5-4-6-8-14;;;;;/h5-12H,1-3H3;4*1H;/q-1;;;;;+4/p-4. The van der Waals surface area contributed by atoms with Crippen LogP contribution in [-0.4, -0.2) is 26.8 Å². The fourth-order valence-corrected chi connectivity index (χ4v) is 5.76.